The number of hydrogen-bond acceptors (Lipinski definition) is 7. The van der Waals surface area contributed by atoms with Crippen LogP contribution in [0.3, 0.4) is 0 Å². The number of carbonyl (C=O) groups excluding carboxylic acids is 2. The van der Waals surface area contributed by atoms with Gasteiger partial charge in [0.15, 0.2) is 16.6 Å². The predicted molar refractivity (Wildman–Crippen MR) is 116 cm³/mol. The van der Waals surface area contributed by atoms with Crippen LogP contribution in [-0.2, 0) is 9.59 Å². The Balaban J connectivity index is 1.27. The Hall–Kier alpha value is -3.59. The van der Waals surface area contributed by atoms with Crippen molar-refractivity contribution in [3.63, 3.8) is 0 Å². The highest BCUT2D eigenvalue weighted by molar-refractivity contribution is 7.14. The van der Waals surface area contributed by atoms with E-state index < -0.39 is 5.92 Å². The molecular weight excluding hydrogens is 418 g/mol. The van der Waals surface area contributed by atoms with E-state index in [4.69, 9.17) is 14.2 Å². The zero-order valence-electron chi connectivity index (χ0n) is 16.7. The molecule has 2 amide bonds. The molecule has 1 saturated heterocycles. The topological polar surface area (TPSA) is 90.0 Å². The molecule has 8 nitrogen and oxygen atoms in total. The van der Waals surface area contributed by atoms with E-state index in [1.54, 1.807) is 18.1 Å². The van der Waals surface area contributed by atoms with Gasteiger partial charge in [0.1, 0.15) is 5.75 Å². The van der Waals surface area contributed by atoms with Crippen molar-refractivity contribution in [2.24, 2.45) is 5.92 Å². The number of anilines is 2. The summed E-state index contributed by atoms with van der Waals surface area (Å²) < 4.78 is 16.1. The molecule has 5 rings (SSSR count). The van der Waals surface area contributed by atoms with Crippen molar-refractivity contribution in [1.29, 1.82) is 0 Å². The van der Waals surface area contributed by atoms with E-state index in [-0.39, 0.29) is 25.0 Å². The highest BCUT2D eigenvalue weighted by Gasteiger charge is 2.36. The molecule has 158 valence electrons. The summed E-state index contributed by atoms with van der Waals surface area (Å²) in [5, 5.41) is 5.21. The van der Waals surface area contributed by atoms with Gasteiger partial charge in [-0.15, -0.1) is 11.3 Å². The second-order valence-electron chi connectivity index (χ2n) is 7.17. The number of para-hydroxylation sites is 2. The van der Waals surface area contributed by atoms with Crippen LogP contribution in [-0.4, -0.2) is 37.2 Å². The summed E-state index contributed by atoms with van der Waals surface area (Å²) in [7, 11) is 1.56. The normalized spacial score (nSPS) is 17.1. The lowest BCUT2D eigenvalue weighted by atomic mass is 10.1. The molecule has 3 heterocycles. The summed E-state index contributed by atoms with van der Waals surface area (Å²) in [4.78, 5) is 31.5. The van der Waals surface area contributed by atoms with Crippen LogP contribution in [0.5, 0.6) is 17.2 Å². The highest BCUT2D eigenvalue weighted by atomic mass is 32.1. The predicted octanol–water partition coefficient (Wildman–Crippen LogP) is 3.54. The molecule has 9 heteroatoms. The number of rotatable bonds is 5. The molecule has 31 heavy (non-hydrogen) atoms. The van der Waals surface area contributed by atoms with Crippen molar-refractivity contribution < 1.29 is 23.8 Å². The Bertz CT molecular complexity index is 1160. The Morgan fingerprint density at radius 2 is 2.06 bits per heavy atom. The zero-order chi connectivity index (χ0) is 21.4. The van der Waals surface area contributed by atoms with Crippen LogP contribution >= 0.6 is 11.3 Å². The molecular formula is C22H19N3O5S. The molecule has 1 N–H and O–H groups in total. The molecule has 0 bridgehead atoms. The van der Waals surface area contributed by atoms with E-state index in [2.05, 4.69) is 10.3 Å². The fraction of sp³-hybridized carbons (Fsp3) is 0.227. The molecule has 0 spiro atoms. The number of benzene rings is 2. The van der Waals surface area contributed by atoms with Crippen LogP contribution in [0.15, 0.2) is 47.8 Å². The van der Waals surface area contributed by atoms with Gasteiger partial charge >= 0.3 is 0 Å². The third-order valence-electron chi connectivity index (χ3n) is 5.27. The quantitative estimate of drug-likeness (QED) is 0.657. The second kappa shape index (κ2) is 7.92. The fourth-order valence-electron chi connectivity index (χ4n) is 3.70. The Morgan fingerprint density at radius 3 is 2.94 bits per heavy atom. The minimum absolute atomic E-state index is 0.107. The molecule has 2 aromatic carbocycles. The molecule has 3 aromatic rings. The Labute approximate surface area is 182 Å². The summed E-state index contributed by atoms with van der Waals surface area (Å²) >= 11 is 1.34. The first-order chi connectivity index (χ1) is 15.1. The average Bonchev–Trinajstić information content (AvgIpc) is 3.52. The molecule has 0 radical (unpaired) electrons. The minimum atomic E-state index is -0.463. The number of hydrogen-bond donors (Lipinski definition) is 1. The maximum atomic E-state index is 12.8. The lowest BCUT2D eigenvalue weighted by Crippen LogP contribution is -2.28. The number of fused-ring (bicyclic) bond motifs is 1. The number of ether oxygens (including phenoxy) is 3. The SMILES string of the molecule is COc1ccccc1N1CC(C(=O)Nc2nc(-c3ccc4c(c3)OCO4)cs2)CC1=O. The zero-order valence-corrected chi connectivity index (χ0v) is 17.5. The van der Waals surface area contributed by atoms with Gasteiger partial charge in [-0.2, -0.15) is 0 Å². The Morgan fingerprint density at radius 1 is 1.23 bits per heavy atom. The van der Waals surface area contributed by atoms with E-state index in [1.807, 2.05) is 41.8 Å². The van der Waals surface area contributed by atoms with Gasteiger partial charge in [0, 0.05) is 23.9 Å². The van der Waals surface area contributed by atoms with E-state index >= 15 is 0 Å². The molecule has 0 aliphatic carbocycles. The van der Waals surface area contributed by atoms with Crippen LogP contribution in [0.25, 0.3) is 11.3 Å². The first-order valence-corrected chi connectivity index (χ1v) is 10.6. The first-order valence-electron chi connectivity index (χ1n) is 9.72. The number of aromatic nitrogens is 1. The van der Waals surface area contributed by atoms with Gasteiger partial charge in [0.2, 0.25) is 18.6 Å². The molecule has 0 saturated carbocycles. The van der Waals surface area contributed by atoms with Crippen LogP contribution < -0.4 is 24.4 Å². The van der Waals surface area contributed by atoms with Gasteiger partial charge in [-0.25, -0.2) is 4.98 Å². The Kier molecular flexibility index (Phi) is 4.95. The van der Waals surface area contributed by atoms with Crippen LogP contribution in [0, 0.1) is 5.92 Å². The van der Waals surface area contributed by atoms with Crippen molar-refractivity contribution in [3.05, 3.63) is 47.8 Å². The number of nitrogens with zero attached hydrogens (tertiary/aromatic N) is 2. The van der Waals surface area contributed by atoms with Crippen molar-refractivity contribution in [1.82, 2.24) is 4.98 Å². The summed E-state index contributed by atoms with van der Waals surface area (Å²) in [6, 6.07) is 12.9. The summed E-state index contributed by atoms with van der Waals surface area (Å²) in [6.07, 6.45) is 0.143. The number of methoxy groups -OCH3 is 1. The lowest BCUT2D eigenvalue weighted by molar-refractivity contribution is -0.122. The highest BCUT2D eigenvalue weighted by Crippen LogP contribution is 2.37. The van der Waals surface area contributed by atoms with Crippen LogP contribution in [0.4, 0.5) is 10.8 Å². The monoisotopic (exact) mass is 437 g/mol. The largest absolute Gasteiger partial charge is 0.495 e. The van der Waals surface area contributed by atoms with Crippen LogP contribution in [0.1, 0.15) is 6.42 Å². The number of carbonyl (C=O) groups is 2. The van der Waals surface area contributed by atoms with Gasteiger partial charge in [-0.05, 0) is 30.3 Å². The smallest absolute Gasteiger partial charge is 0.231 e. The maximum absolute atomic E-state index is 12.8. The third kappa shape index (κ3) is 3.68. The summed E-state index contributed by atoms with van der Waals surface area (Å²) in [5.74, 6) is 1.19. The lowest BCUT2D eigenvalue weighted by Gasteiger charge is -2.19. The van der Waals surface area contributed by atoms with Gasteiger partial charge in [-0.3, -0.25) is 9.59 Å². The summed E-state index contributed by atoms with van der Waals surface area (Å²) in [6.45, 7) is 0.509. The van der Waals surface area contributed by atoms with E-state index in [9.17, 15) is 9.59 Å². The van der Waals surface area contributed by atoms with E-state index in [0.29, 0.717) is 34.6 Å². The first kappa shape index (κ1) is 19.4. The fourth-order valence-corrected chi connectivity index (χ4v) is 4.42. The minimum Gasteiger partial charge on any atom is -0.495 e. The van der Waals surface area contributed by atoms with Crippen molar-refractivity contribution >= 4 is 34.0 Å². The van der Waals surface area contributed by atoms with Gasteiger partial charge < -0.3 is 24.4 Å². The van der Waals surface area contributed by atoms with Crippen molar-refractivity contribution in [3.8, 4) is 28.5 Å². The average molecular weight is 437 g/mol. The standard InChI is InChI=1S/C22H19N3O5S/c1-28-17-5-3-2-4-16(17)25-10-14(9-20(25)26)21(27)24-22-23-15(11-31-22)13-6-7-18-19(8-13)30-12-29-18/h2-8,11,14H,9-10,12H2,1H3,(H,23,24,27). The van der Waals surface area contributed by atoms with Crippen LogP contribution in [0.2, 0.25) is 0 Å². The molecule has 1 unspecified atom stereocenters. The molecule has 1 atom stereocenters. The maximum Gasteiger partial charge on any atom is 0.231 e. The van der Waals surface area contributed by atoms with Gasteiger partial charge in [-0.1, -0.05) is 12.1 Å². The van der Waals surface area contributed by atoms with Gasteiger partial charge in [0.25, 0.3) is 0 Å². The number of thiazole rings is 1. The second-order valence-corrected chi connectivity index (χ2v) is 8.03. The molecule has 1 fully saturated rings. The third-order valence-corrected chi connectivity index (χ3v) is 6.03. The van der Waals surface area contributed by atoms with E-state index in [1.165, 1.54) is 11.3 Å². The van der Waals surface area contributed by atoms with Gasteiger partial charge in [0.05, 0.1) is 24.4 Å². The molecule has 2 aliphatic rings. The van der Waals surface area contributed by atoms with E-state index in [0.717, 1.165) is 11.3 Å². The van der Waals surface area contributed by atoms with Crippen molar-refractivity contribution in [2.75, 3.05) is 30.7 Å². The summed E-state index contributed by atoms with van der Waals surface area (Å²) in [5.41, 5.74) is 2.28. The van der Waals surface area contributed by atoms with Crippen molar-refractivity contribution in [2.45, 2.75) is 6.42 Å². The molecule has 1 aromatic heterocycles. The molecule has 2 aliphatic heterocycles. The number of amides is 2. The number of nitrogens with one attached hydrogen (secondary N) is 1.